The molecule has 0 bridgehead atoms. The van der Waals surface area contributed by atoms with Crippen LogP contribution in [0.1, 0.15) is 53.4 Å². The van der Waals surface area contributed by atoms with Crippen LogP contribution in [0, 0.1) is 35.5 Å². The standard InChI is InChI=1S/C15H24O/c1-6-7-8-12-9-14(16)15(4,5)10-13(12)11(2)3/h1,11-13H,7-10H2,2-5H3/t12-,13-/m1/s1. The van der Waals surface area contributed by atoms with Gasteiger partial charge in [0.05, 0.1) is 0 Å². The van der Waals surface area contributed by atoms with Crippen molar-refractivity contribution < 1.29 is 4.79 Å². The van der Waals surface area contributed by atoms with Gasteiger partial charge in [0.2, 0.25) is 0 Å². The highest BCUT2D eigenvalue weighted by Gasteiger charge is 2.41. The van der Waals surface area contributed by atoms with Gasteiger partial charge in [-0.15, -0.1) is 12.3 Å². The van der Waals surface area contributed by atoms with Crippen molar-refractivity contribution in [1.29, 1.82) is 0 Å². The van der Waals surface area contributed by atoms with Gasteiger partial charge in [-0.25, -0.2) is 0 Å². The normalized spacial score (nSPS) is 29.1. The van der Waals surface area contributed by atoms with E-state index in [1.807, 2.05) is 0 Å². The summed E-state index contributed by atoms with van der Waals surface area (Å²) in [5.41, 5.74) is -0.123. The Balaban J connectivity index is 2.76. The van der Waals surface area contributed by atoms with Crippen LogP contribution in [-0.4, -0.2) is 5.78 Å². The number of terminal acetylenes is 1. The summed E-state index contributed by atoms with van der Waals surface area (Å²) in [5, 5.41) is 0. The second kappa shape index (κ2) is 5.04. The molecule has 1 nitrogen and oxygen atoms in total. The molecule has 0 radical (unpaired) electrons. The van der Waals surface area contributed by atoms with E-state index in [0.717, 1.165) is 25.7 Å². The number of carbonyl (C=O) groups excluding carboxylic acids is 1. The summed E-state index contributed by atoms with van der Waals surface area (Å²) in [5.74, 6) is 4.93. The third-order valence-electron chi connectivity index (χ3n) is 4.07. The van der Waals surface area contributed by atoms with Crippen LogP contribution in [-0.2, 0) is 4.79 Å². The molecule has 1 saturated carbocycles. The minimum absolute atomic E-state index is 0.123. The predicted octanol–water partition coefficient (Wildman–Crippen LogP) is 3.68. The van der Waals surface area contributed by atoms with Crippen molar-refractivity contribution in [2.75, 3.05) is 0 Å². The molecule has 1 aliphatic carbocycles. The smallest absolute Gasteiger partial charge is 0.138 e. The number of ketones is 1. The molecule has 90 valence electrons. The molecule has 0 saturated heterocycles. The molecule has 0 amide bonds. The molecule has 0 aromatic heterocycles. The lowest BCUT2D eigenvalue weighted by atomic mass is 9.62. The van der Waals surface area contributed by atoms with Gasteiger partial charge in [-0.3, -0.25) is 4.79 Å². The number of Topliss-reactive ketones (excluding diaryl/α,β-unsaturated/α-hetero) is 1. The lowest BCUT2D eigenvalue weighted by Gasteiger charge is -2.41. The summed E-state index contributed by atoms with van der Waals surface area (Å²) >= 11 is 0. The highest BCUT2D eigenvalue weighted by Crippen LogP contribution is 2.44. The van der Waals surface area contributed by atoms with Crippen LogP contribution in [0.5, 0.6) is 0 Å². The van der Waals surface area contributed by atoms with Crippen LogP contribution < -0.4 is 0 Å². The van der Waals surface area contributed by atoms with Crippen molar-refractivity contribution in [2.45, 2.75) is 53.4 Å². The molecule has 1 fully saturated rings. The molecule has 2 atom stereocenters. The van der Waals surface area contributed by atoms with Crippen LogP contribution in [0.25, 0.3) is 0 Å². The van der Waals surface area contributed by atoms with Gasteiger partial charge in [-0.2, -0.15) is 0 Å². The van der Waals surface area contributed by atoms with E-state index in [0.29, 0.717) is 23.5 Å². The van der Waals surface area contributed by atoms with E-state index in [4.69, 9.17) is 6.42 Å². The van der Waals surface area contributed by atoms with E-state index in [9.17, 15) is 4.79 Å². The molecular formula is C15H24O. The maximum absolute atomic E-state index is 12.0. The number of rotatable bonds is 3. The monoisotopic (exact) mass is 220 g/mol. The number of hydrogen-bond acceptors (Lipinski definition) is 1. The summed E-state index contributed by atoms with van der Waals surface area (Å²) in [7, 11) is 0. The molecule has 0 aromatic rings. The number of carbonyl (C=O) groups is 1. The Kier molecular flexibility index (Phi) is 4.19. The van der Waals surface area contributed by atoms with E-state index in [2.05, 4.69) is 33.6 Å². The molecular weight excluding hydrogens is 196 g/mol. The third kappa shape index (κ3) is 2.88. The molecule has 0 unspecified atom stereocenters. The average molecular weight is 220 g/mol. The topological polar surface area (TPSA) is 17.1 Å². The minimum Gasteiger partial charge on any atom is -0.299 e. The molecule has 0 aliphatic heterocycles. The SMILES string of the molecule is C#CCC[C@@H]1CC(=O)C(C)(C)C[C@@H]1C(C)C. The van der Waals surface area contributed by atoms with Gasteiger partial charge in [0, 0.05) is 18.3 Å². The van der Waals surface area contributed by atoms with Crippen LogP contribution in [0.2, 0.25) is 0 Å². The maximum atomic E-state index is 12.0. The first-order valence-corrected chi connectivity index (χ1v) is 6.35. The molecule has 0 heterocycles. The Bertz CT molecular complexity index is 293. The molecule has 1 heteroatoms. The van der Waals surface area contributed by atoms with E-state index in [1.54, 1.807) is 0 Å². The lowest BCUT2D eigenvalue weighted by Crippen LogP contribution is -2.39. The van der Waals surface area contributed by atoms with E-state index in [-0.39, 0.29) is 5.41 Å². The maximum Gasteiger partial charge on any atom is 0.138 e. The first-order valence-electron chi connectivity index (χ1n) is 6.35. The summed E-state index contributed by atoms with van der Waals surface area (Å²) in [6.45, 7) is 8.70. The zero-order valence-corrected chi connectivity index (χ0v) is 11.0. The fraction of sp³-hybridized carbons (Fsp3) is 0.800. The molecule has 1 aliphatic rings. The van der Waals surface area contributed by atoms with E-state index in [1.165, 1.54) is 0 Å². The molecule has 0 spiro atoms. The van der Waals surface area contributed by atoms with Crippen molar-refractivity contribution in [3.63, 3.8) is 0 Å². The second-order valence-corrected chi connectivity index (χ2v) is 6.13. The zero-order chi connectivity index (χ0) is 12.3. The van der Waals surface area contributed by atoms with Crippen molar-refractivity contribution in [2.24, 2.45) is 23.2 Å². The first-order chi connectivity index (χ1) is 7.38. The summed E-state index contributed by atoms with van der Waals surface area (Å²) < 4.78 is 0. The quantitative estimate of drug-likeness (QED) is 0.663. The van der Waals surface area contributed by atoms with Gasteiger partial charge < -0.3 is 0 Å². The highest BCUT2D eigenvalue weighted by molar-refractivity contribution is 5.85. The number of hydrogen-bond donors (Lipinski definition) is 0. The Labute approximate surface area is 100 Å². The van der Waals surface area contributed by atoms with Crippen LogP contribution in [0.3, 0.4) is 0 Å². The van der Waals surface area contributed by atoms with Gasteiger partial charge in [0.15, 0.2) is 0 Å². The van der Waals surface area contributed by atoms with E-state index < -0.39 is 0 Å². The van der Waals surface area contributed by atoms with Gasteiger partial charge in [0.1, 0.15) is 5.78 Å². The Morgan fingerprint density at radius 3 is 2.62 bits per heavy atom. The molecule has 0 aromatic carbocycles. The van der Waals surface area contributed by atoms with Crippen molar-refractivity contribution in [3.8, 4) is 12.3 Å². The zero-order valence-electron chi connectivity index (χ0n) is 11.0. The fourth-order valence-corrected chi connectivity index (χ4v) is 2.90. The van der Waals surface area contributed by atoms with Crippen molar-refractivity contribution in [3.05, 3.63) is 0 Å². The van der Waals surface area contributed by atoms with Crippen LogP contribution >= 0.6 is 0 Å². The van der Waals surface area contributed by atoms with Gasteiger partial charge >= 0.3 is 0 Å². The summed E-state index contributed by atoms with van der Waals surface area (Å²) in [6.07, 6.45) is 8.90. The highest BCUT2D eigenvalue weighted by atomic mass is 16.1. The van der Waals surface area contributed by atoms with Gasteiger partial charge in [0.25, 0.3) is 0 Å². The predicted molar refractivity (Wildman–Crippen MR) is 67.9 cm³/mol. The molecule has 1 rings (SSSR count). The van der Waals surface area contributed by atoms with Gasteiger partial charge in [-0.05, 0) is 30.6 Å². The van der Waals surface area contributed by atoms with Crippen LogP contribution in [0.15, 0.2) is 0 Å². The Hall–Kier alpha value is -0.770. The summed E-state index contributed by atoms with van der Waals surface area (Å²) in [6, 6.07) is 0. The Morgan fingerprint density at radius 2 is 2.12 bits per heavy atom. The van der Waals surface area contributed by atoms with Crippen LogP contribution in [0.4, 0.5) is 0 Å². The largest absolute Gasteiger partial charge is 0.299 e. The lowest BCUT2D eigenvalue weighted by molar-refractivity contribution is -0.134. The fourth-order valence-electron chi connectivity index (χ4n) is 2.90. The third-order valence-corrected chi connectivity index (χ3v) is 4.07. The second-order valence-electron chi connectivity index (χ2n) is 6.13. The van der Waals surface area contributed by atoms with Crippen molar-refractivity contribution >= 4 is 5.78 Å². The average Bonchev–Trinajstić information content (AvgIpc) is 2.19. The first kappa shape index (κ1) is 13.3. The van der Waals surface area contributed by atoms with E-state index >= 15 is 0 Å². The molecule has 16 heavy (non-hydrogen) atoms. The van der Waals surface area contributed by atoms with Crippen molar-refractivity contribution in [1.82, 2.24) is 0 Å². The van der Waals surface area contributed by atoms with Gasteiger partial charge in [-0.1, -0.05) is 27.7 Å². The summed E-state index contributed by atoms with van der Waals surface area (Å²) in [4.78, 5) is 12.0. The molecule has 0 N–H and O–H groups in total. The minimum atomic E-state index is -0.123. The Morgan fingerprint density at radius 1 is 1.50 bits per heavy atom.